The molecule has 16 N–H and O–H groups in total. The van der Waals surface area contributed by atoms with Gasteiger partial charge >= 0.3 is 17.9 Å². The molecule has 0 heterocycles. The van der Waals surface area contributed by atoms with E-state index in [2.05, 4.69) is 30.9 Å². The van der Waals surface area contributed by atoms with E-state index in [0.29, 0.717) is 11.1 Å². The third-order valence-corrected chi connectivity index (χ3v) is 11.8. The van der Waals surface area contributed by atoms with Crippen LogP contribution < -0.4 is 50.4 Å². The van der Waals surface area contributed by atoms with E-state index >= 15 is 0 Å². The highest BCUT2D eigenvalue weighted by molar-refractivity contribution is 5.90. The number of guanidine groups is 3. The Kier molecular flexibility index (Phi) is 28.9. The van der Waals surface area contributed by atoms with Crippen LogP contribution in [0, 0.1) is 0 Å². The summed E-state index contributed by atoms with van der Waals surface area (Å²) in [6.45, 7) is 18.3. The monoisotopic (exact) mass is 1020 g/mol. The average Bonchev–Trinajstić information content (AvgIpc) is 3.30. The molecule has 3 rings (SSSR count). The molecule has 0 spiro atoms. The number of hydrogen-bond donors (Lipinski definition) is 10. The van der Waals surface area contributed by atoms with Crippen molar-refractivity contribution in [1.82, 2.24) is 16.0 Å². The number of aliphatic imine (C=N–C) groups is 3. The minimum atomic E-state index is -1.04. The van der Waals surface area contributed by atoms with Crippen molar-refractivity contribution < 1.29 is 57.6 Å². The minimum absolute atomic E-state index is 0.000594. The number of carboxylic acids is 1. The van der Waals surface area contributed by atoms with Gasteiger partial charge in [-0.1, -0.05) is 41.5 Å². The molecule has 0 unspecified atom stereocenters. The third-order valence-electron chi connectivity index (χ3n) is 11.8. The maximum Gasteiger partial charge on any atom is 0.333 e. The SMILES string of the molecule is CCC(CC)O[C@@H]1C=C(C(=O)O)C[C@H](N=C(N)N)[C@H]1NC(C)=O.CCC(CC)O[C@@H]1C=C(C(=O)OC)C[C@H](N=C(N)N)[C@H]1NC(C)=O.CCOC(=O)C1=C[C@@H](OC(CC)CC)[C@H](NC(C)=O)[C@@H](N=C(N)N)C1. The first-order valence-corrected chi connectivity index (χ1v) is 24.6. The summed E-state index contributed by atoms with van der Waals surface area (Å²) >= 11 is 0. The van der Waals surface area contributed by atoms with E-state index in [1.807, 2.05) is 41.5 Å². The first kappa shape index (κ1) is 63.7. The van der Waals surface area contributed by atoms with Gasteiger partial charge in [-0.2, -0.15) is 0 Å². The molecule has 0 bridgehead atoms. The normalized spacial score (nSPS) is 23.4. The van der Waals surface area contributed by atoms with E-state index < -0.39 is 72.5 Å². The molecule has 3 aliphatic rings. The van der Waals surface area contributed by atoms with Crippen molar-refractivity contribution in [1.29, 1.82) is 0 Å². The first-order valence-electron chi connectivity index (χ1n) is 24.6. The molecule has 0 radical (unpaired) electrons. The van der Waals surface area contributed by atoms with Crippen molar-refractivity contribution in [2.45, 2.75) is 200 Å². The fraction of sp³-hybridized carbons (Fsp3) is 0.688. The lowest BCUT2D eigenvalue weighted by Crippen LogP contribution is -2.54. The lowest BCUT2D eigenvalue weighted by Gasteiger charge is -2.36. The zero-order valence-electron chi connectivity index (χ0n) is 44.0. The standard InChI is InChI=1S/C17H30N4O4.C16H28N4O4.C15H26N4O4/c1-5-12(6-2)25-14-9-11(16(23)24-7-3)8-13(21-17(18)19)15(14)20-10(4)22;1-5-11(6-2)24-13-8-10(15(22)23-4)7-12(20-16(17)18)14(13)19-9(3)21;1-4-10(5-2)23-12-7-9(14(21)22)6-11(19-15(16)17)13(12)18-8(3)20/h9,12-15H,5-8H2,1-4H3,(H,20,22)(H4,18,19,21);8,11-14H,5-7H2,1-4H3,(H,19,21)(H4,17,18,20);7,10-13H,4-6H2,1-3H3,(H,18,20)(H,21,22)(H4,16,17,19)/t13-,14+,15+;12-,13+,14+;11-,12+,13+/m000/s1. The Bertz CT molecular complexity index is 1970. The molecule has 3 amide bonds. The molecule has 72 heavy (non-hydrogen) atoms. The number of methoxy groups -OCH3 is 1. The lowest BCUT2D eigenvalue weighted by molar-refractivity contribution is -0.139. The van der Waals surface area contributed by atoms with Crippen molar-refractivity contribution in [2.24, 2.45) is 49.4 Å². The van der Waals surface area contributed by atoms with Gasteiger partial charge in [0.2, 0.25) is 17.7 Å². The minimum Gasteiger partial charge on any atom is -0.478 e. The van der Waals surface area contributed by atoms with Gasteiger partial charge in [-0.3, -0.25) is 14.4 Å². The number of hydrogen-bond acceptors (Lipinski definition) is 14. The molecule has 0 aromatic rings. The summed E-state index contributed by atoms with van der Waals surface area (Å²) in [5.41, 5.74) is 34.0. The number of aliphatic carboxylic acids is 1. The van der Waals surface area contributed by atoms with Crippen LogP contribution >= 0.6 is 0 Å². The fourth-order valence-electron chi connectivity index (χ4n) is 8.31. The molecule has 24 nitrogen and oxygen atoms in total. The Morgan fingerprint density at radius 2 is 0.806 bits per heavy atom. The number of ether oxygens (including phenoxy) is 5. The maximum absolute atomic E-state index is 12.2. The van der Waals surface area contributed by atoms with Crippen molar-refractivity contribution in [3.63, 3.8) is 0 Å². The Hall–Kier alpha value is -6.27. The molecule has 0 fully saturated rings. The number of carboxylic acid groups (broad SMARTS) is 1. The van der Waals surface area contributed by atoms with Gasteiger partial charge in [0.25, 0.3) is 0 Å². The number of esters is 2. The molecule has 24 heteroatoms. The van der Waals surface area contributed by atoms with Crippen LogP contribution in [0.1, 0.15) is 127 Å². The molecule has 0 aromatic carbocycles. The second-order valence-corrected chi connectivity index (χ2v) is 17.4. The zero-order valence-corrected chi connectivity index (χ0v) is 44.0. The second kappa shape index (κ2) is 32.7. The number of rotatable bonds is 22. The summed E-state index contributed by atoms with van der Waals surface area (Å²) in [6.07, 6.45) is 8.75. The number of nitrogens with one attached hydrogen (secondary N) is 3. The number of nitrogens with two attached hydrogens (primary N) is 6. The highest BCUT2D eigenvalue weighted by Crippen LogP contribution is 2.30. The summed E-state index contributed by atoms with van der Waals surface area (Å²) in [6, 6.07) is -3.02. The Labute approximate surface area is 424 Å². The highest BCUT2D eigenvalue weighted by Gasteiger charge is 2.40. The zero-order chi connectivity index (χ0) is 54.8. The van der Waals surface area contributed by atoms with E-state index in [-0.39, 0.29) is 85.4 Å². The second-order valence-electron chi connectivity index (χ2n) is 17.4. The molecule has 3 aliphatic carbocycles. The fourth-order valence-corrected chi connectivity index (χ4v) is 8.31. The van der Waals surface area contributed by atoms with Crippen LogP contribution in [0.3, 0.4) is 0 Å². The third kappa shape index (κ3) is 22.0. The van der Waals surface area contributed by atoms with Crippen LogP contribution in [0.25, 0.3) is 0 Å². The number of nitrogens with zero attached hydrogens (tertiary/aromatic N) is 3. The van der Waals surface area contributed by atoms with Crippen LogP contribution in [0.4, 0.5) is 0 Å². The Balaban J connectivity index is 0.000000540. The predicted molar refractivity (Wildman–Crippen MR) is 274 cm³/mol. The largest absolute Gasteiger partial charge is 0.478 e. The van der Waals surface area contributed by atoms with E-state index in [4.69, 9.17) is 58.1 Å². The van der Waals surface area contributed by atoms with Crippen LogP contribution in [-0.2, 0) is 52.5 Å². The summed E-state index contributed by atoms with van der Waals surface area (Å²) < 4.78 is 28.1. The molecule has 408 valence electrons. The van der Waals surface area contributed by atoms with E-state index in [9.17, 15) is 33.9 Å². The van der Waals surface area contributed by atoms with Crippen LogP contribution in [0.5, 0.6) is 0 Å². The maximum atomic E-state index is 12.2. The van der Waals surface area contributed by atoms with Gasteiger partial charge in [0, 0.05) is 56.8 Å². The van der Waals surface area contributed by atoms with Gasteiger partial charge in [0.1, 0.15) is 0 Å². The van der Waals surface area contributed by atoms with Gasteiger partial charge in [0.15, 0.2) is 17.9 Å². The van der Waals surface area contributed by atoms with Gasteiger partial charge in [-0.25, -0.2) is 29.4 Å². The Morgan fingerprint density at radius 1 is 0.528 bits per heavy atom. The molecule has 0 aromatic heterocycles. The van der Waals surface area contributed by atoms with Crippen LogP contribution in [0.15, 0.2) is 49.9 Å². The van der Waals surface area contributed by atoms with Gasteiger partial charge in [-0.15, -0.1) is 0 Å². The van der Waals surface area contributed by atoms with Gasteiger partial charge in [-0.05, 0) is 63.7 Å². The smallest absolute Gasteiger partial charge is 0.333 e. The molecule has 9 atom stereocenters. The van der Waals surface area contributed by atoms with E-state index in [1.165, 1.54) is 27.9 Å². The molecular weight excluding hydrogens is 937 g/mol. The number of carbonyl (C=O) groups excluding carboxylic acids is 5. The topological polar surface area (TPSA) is 398 Å². The summed E-state index contributed by atoms with van der Waals surface area (Å²) in [7, 11) is 1.31. The first-order chi connectivity index (χ1) is 33.9. The van der Waals surface area contributed by atoms with Crippen molar-refractivity contribution in [3.05, 3.63) is 34.9 Å². The number of carbonyl (C=O) groups is 6. The van der Waals surface area contributed by atoms with Crippen molar-refractivity contribution >= 4 is 53.5 Å². The van der Waals surface area contributed by atoms with Gasteiger partial charge in [0.05, 0.1) is 86.6 Å². The summed E-state index contributed by atoms with van der Waals surface area (Å²) in [5.74, 6) is -2.97. The quantitative estimate of drug-likeness (QED) is 0.0410. The van der Waals surface area contributed by atoms with E-state index in [1.54, 1.807) is 25.2 Å². The highest BCUT2D eigenvalue weighted by atomic mass is 16.5. The van der Waals surface area contributed by atoms with Crippen LogP contribution in [0.2, 0.25) is 0 Å². The summed E-state index contributed by atoms with van der Waals surface area (Å²) in [4.78, 5) is 82.7. The van der Waals surface area contributed by atoms with Crippen molar-refractivity contribution in [2.75, 3.05) is 13.7 Å². The number of amides is 3. The lowest BCUT2D eigenvalue weighted by atomic mass is 9.88. The average molecular weight is 1020 g/mol. The van der Waals surface area contributed by atoms with Crippen LogP contribution in [-0.4, -0.2) is 145 Å². The predicted octanol–water partition coefficient (Wildman–Crippen LogP) is 0.932. The van der Waals surface area contributed by atoms with Crippen molar-refractivity contribution in [3.8, 4) is 0 Å². The molecule has 0 aliphatic heterocycles. The molecule has 0 saturated carbocycles. The van der Waals surface area contributed by atoms with Gasteiger partial charge < -0.3 is 79.1 Å². The summed E-state index contributed by atoms with van der Waals surface area (Å²) in [5, 5.41) is 17.8. The molecule has 0 saturated heterocycles. The molecular formula is C48H84N12O12. The Morgan fingerprint density at radius 3 is 1.04 bits per heavy atom. The van der Waals surface area contributed by atoms with E-state index in [0.717, 1.165) is 38.5 Å².